The van der Waals surface area contributed by atoms with Gasteiger partial charge in [-0.1, -0.05) is 19.1 Å². The Morgan fingerprint density at radius 3 is 3.06 bits per heavy atom. The molecule has 1 heterocycles. The van der Waals surface area contributed by atoms with E-state index in [2.05, 4.69) is 12.2 Å². The van der Waals surface area contributed by atoms with Crippen LogP contribution in [0.1, 0.15) is 12.5 Å². The lowest BCUT2D eigenvalue weighted by molar-refractivity contribution is 0.433. The molecule has 1 aromatic carbocycles. The molecule has 0 saturated carbocycles. The van der Waals surface area contributed by atoms with Gasteiger partial charge in [-0.2, -0.15) is 11.8 Å². The molecule has 2 rings (SSSR count). The van der Waals surface area contributed by atoms with E-state index >= 15 is 0 Å². The molecular weight excluding hydrogens is 221 g/mol. The van der Waals surface area contributed by atoms with Gasteiger partial charge in [-0.25, -0.2) is 4.39 Å². The Bertz CT molecular complexity index is 342. The molecule has 0 bridgehead atoms. The largest absolute Gasteiger partial charge is 0.313 e. The molecule has 2 unspecified atom stereocenters. The molecule has 1 nitrogen and oxygen atoms in total. The summed E-state index contributed by atoms with van der Waals surface area (Å²) in [4.78, 5) is 0. The summed E-state index contributed by atoms with van der Waals surface area (Å²) in [6, 6.07) is 7.59. The zero-order valence-electron chi connectivity index (χ0n) is 9.58. The van der Waals surface area contributed by atoms with Crippen LogP contribution in [0.5, 0.6) is 0 Å². The Kier molecular flexibility index (Phi) is 4.24. The van der Waals surface area contributed by atoms with Crippen LogP contribution in [0.25, 0.3) is 0 Å². The third-order valence-electron chi connectivity index (χ3n) is 3.05. The van der Waals surface area contributed by atoms with Crippen LogP contribution in [0.4, 0.5) is 4.39 Å². The van der Waals surface area contributed by atoms with Crippen molar-refractivity contribution in [1.29, 1.82) is 0 Å². The van der Waals surface area contributed by atoms with Gasteiger partial charge in [0.2, 0.25) is 0 Å². The number of halogens is 1. The molecule has 16 heavy (non-hydrogen) atoms. The van der Waals surface area contributed by atoms with Gasteiger partial charge in [-0.15, -0.1) is 0 Å². The highest BCUT2D eigenvalue weighted by Gasteiger charge is 2.26. The molecule has 3 heteroatoms. The standard InChI is InChI=1S/C13H18FNS/c1-2-15-13-9-16-8-11(13)6-10-4-3-5-12(14)7-10/h3-5,7,11,13,15H,2,6,8-9H2,1H3. The minimum atomic E-state index is -0.122. The van der Waals surface area contributed by atoms with Crippen molar-refractivity contribution in [3.05, 3.63) is 35.6 Å². The smallest absolute Gasteiger partial charge is 0.123 e. The van der Waals surface area contributed by atoms with Crippen LogP contribution in [0, 0.1) is 11.7 Å². The summed E-state index contributed by atoms with van der Waals surface area (Å²) >= 11 is 2.00. The van der Waals surface area contributed by atoms with E-state index in [9.17, 15) is 4.39 Å². The highest BCUT2D eigenvalue weighted by atomic mass is 32.2. The van der Waals surface area contributed by atoms with Crippen molar-refractivity contribution < 1.29 is 4.39 Å². The molecule has 0 aromatic heterocycles. The molecule has 2 atom stereocenters. The van der Waals surface area contributed by atoms with Gasteiger partial charge in [0.1, 0.15) is 5.82 Å². The highest BCUT2D eigenvalue weighted by Crippen LogP contribution is 2.27. The van der Waals surface area contributed by atoms with Gasteiger partial charge in [-0.3, -0.25) is 0 Å². The summed E-state index contributed by atoms with van der Waals surface area (Å²) in [6.07, 6.45) is 0.989. The molecule has 1 saturated heterocycles. The average Bonchev–Trinajstić information content (AvgIpc) is 2.66. The third kappa shape index (κ3) is 2.98. The van der Waals surface area contributed by atoms with Crippen LogP contribution >= 0.6 is 11.8 Å². The van der Waals surface area contributed by atoms with Crippen molar-refractivity contribution >= 4 is 11.8 Å². The Labute approximate surface area is 101 Å². The van der Waals surface area contributed by atoms with Crippen molar-refractivity contribution in [2.75, 3.05) is 18.1 Å². The SMILES string of the molecule is CCNC1CSCC1Cc1cccc(F)c1. The normalized spacial score (nSPS) is 24.9. The third-order valence-corrected chi connectivity index (χ3v) is 4.31. The molecule has 1 fully saturated rings. The summed E-state index contributed by atoms with van der Waals surface area (Å²) < 4.78 is 13.1. The zero-order chi connectivity index (χ0) is 11.4. The van der Waals surface area contributed by atoms with Crippen molar-refractivity contribution in [3.8, 4) is 0 Å². The fraction of sp³-hybridized carbons (Fsp3) is 0.538. The number of hydrogen-bond donors (Lipinski definition) is 1. The number of nitrogens with one attached hydrogen (secondary N) is 1. The first-order valence-electron chi connectivity index (χ1n) is 5.85. The minimum absolute atomic E-state index is 0.122. The van der Waals surface area contributed by atoms with Crippen molar-refractivity contribution in [2.24, 2.45) is 5.92 Å². The average molecular weight is 239 g/mol. The quantitative estimate of drug-likeness (QED) is 0.867. The van der Waals surface area contributed by atoms with Crippen LogP contribution in [0.15, 0.2) is 24.3 Å². The van der Waals surface area contributed by atoms with Gasteiger partial charge in [0.25, 0.3) is 0 Å². The van der Waals surface area contributed by atoms with Gasteiger partial charge >= 0.3 is 0 Å². The molecule has 0 spiro atoms. The van der Waals surface area contributed by atoms with Crippen molar-refractivity contribution in [2.45, 2.75) is 19.4 Å². The van der Waals surface area contributed by atoms with E-state index in [1.54, 1.807) is 12.1 Å². The van der Waals surface area contributed by atoms with Crippen LogP contribution in [0.2, 0.25) is 0 Å². The molecule has 1 aliphatic heterocycles. The molecule has 0 radical (unpaired) electrons. The maximum absolute atomic E-state index is 13.1. The summed E-state index contributed by atoms with van der Waals surface area (Å²) in [6.45, 7) is 3.16. The van der Waals surface area contributed by atoms with Gasteiger partial charge in [0.15, 0.2) is 0 Å². The van der Waals surface area contributed by atoms with Crippen LogP contribution in [-0.4, -0.2) is 24.1 Å². The first-order valence-corrected chi connectivity index (χ1v) is 7.00. The van der Waals surface area contributed by atoms with E-state index in [-0.39, 0.29) is 5.82 Å². The number of thioether (sulfide) groups is 1. The summed E-state index contributed by atoms with van der Waals surface area (Å²) in [5, 5.41) is 3.51. The lowest BCUT2D eigenvalue weighted by Crippen LogP contribution is -2.36. The lowest BCUT2D eigenvalue weighted by atomic mass is 9.95. The monoisotopic (exact) mass is 239 g/mol. The topological polar surface area (TPSA) is 12.0 Å². The van der Waals surface area contributed by atoms with Crippen molar-refractivity contribution in [1.82, 2.24) is 5.32 Å². The number of hydrogen-bond acceptors (Lipinski definition) is 2. The molecule has 1 N–H and O–H groups in total. The summed E-state index contributed by atoms with van der Waals surface area (Å²) in [7, 11) is 0. The van der Waals surface area contributed by atoms with Crippen LogP contribution in [0.3, 0.4) is 0 Å². The molecule has 0 aliphatic carbocycles. The predicted molar refractivity (Wildman–Crippen MR) is 68.4 cm³/mol. The Hall–Kier alpha value is -0.540. The highest BCUT2D eigenvalue weighted by molar-refractivity contribution is 7.99. The van der Waals surface area contributed by atoms with Gasteiger partial charge in [0.05, 0.1) is 0 Å². The number of benzene rings is 1. The molecule has 88 valence electrons. The predicted octanol–water partition coefficient (Wildman–Crippen LogP) is 2.71. The fourth-order valence-corrected chi connectivity index (χ4v) is 3.69. The van der Waals surface area contributed by atoms with E-state index in [0.717, 1.165) is 18.5 Å². The fourth-order valence-electron chi connectivity index (χ4n) is 2.25. The van der Waals surface area contributed by atoms with Gasteiger partial charge < -0.3 is 5.32 Å². The van der Waals surface area contributed by atoms with Gasteiger partial charge in [-0.05, 0) is 42.3 Å². The molecular formula is C13H18FNS. The van der Waals surface area contributed by atoms with Gasteiger partial charge in [0, 0.05) is 11.8 Å². The second kappa shape index (κ2) is 5.69. The summed E-state index contributed by atoms with van der Waals surface area (Å²) in [5.74, 6) is 2.90. The Balaban J connectivity index is 1.98. The molecule has 1 aromatic rings. The first-order chi connectivity index (χ1) is 7.79. The minimum Gasteiger partial charge on any atom is -0.313 e. The second-order valence-corrected chi connectivity index (χ2v) is 5.37. The van der Waals surface area contributed by atoms with Crippen LogP contribution in [-0.2, 0) is 6.42 Å². The lowest BCUT2D eigenvalue weighted by Gasteiger charge is -2.19. The van der Waals surface area contributed by atoms with E-state index < -0.39 is 0 Å². The van der Waals surface area contributed by atoms with Crippen molar-refractivity contribution in [3.63, 3.8) is 0 Å². The molecule has 1 aliphatic rings. The maximum Gasteiger partial charge on any atom is 0.123 e. The summed E-state index contributed by atoms with van der Waals surface area (Å²) in [5.41, 5.74) is 1.12. The first kappa shape index (κ1) is 11.9. The Morgan fingerprint density at radius 1 is 1.44 bits per heavy atom. The van der Waals surface area contributed by atoms with Crippen LogP contribution < -0.4 is 5.32 Å². The van der Waals surface area contributed by atoms with E-state index in [0.29, 0.717) is 12.0 Å². The maximum atomic E-state index is 13.1. The molecule has 0 amide bonds. The van der Waals surface area contributed by atoms with E-state index in [1.807, 2.05) is 17.8 Å². The number of rotatable bonds is 4. The van der Waals surface area contributed by atoms with E-state index in [4.69, 9.17) is 0 Å². The Morgan fingerprint density at radius 2 is 2.31 bits per heavy atom. The zero-order valence-corrected chi connectivity index (χ0v) is 10.4. The second-order valence-electron chi connectivity index (χ2n) is 4.30. The van der Waals surface area contributed by atoms with E-state index in [1.165, 1.54) is 17.6 Å².